The molecule has 1 aliphatic carbocycles. The van der Waals surface area contributed by atoms with Crippen LogP contribution in [-0.2, 0) is 6.42 Å². The molecule has 1 fully saturated rings. The molecule has 1 aromatic rings. The highest BCUT2D eigenvalue weighted by Gasteiger charge is 2.20. The molecule has 1 heteroatoms. The zero-order chi connectivity index (χ0) is 17.9. The Kier molecular flexibility index (Phi) is 9.43. The van der Waals surface area contributed by atoms with E-state index in [0.29, 0.717) is 0 Å². The maximum absolute atomic E-state index is 3.54. The molecule has 25 heavy (non-hydrogen) atoms. The van der Waals surface area contributed by atoms with Gasteiger partial charge in [0.2, 0.25) is 0 Å². The first-order valence-electron chi connectivity index (χ1n) is 11.1. The molecule has 2 rings (SSSR count). The van der Waals surface area contributed by atoms with E-state index in [-0.39, 0.29) is 0 Å². The van der Waals surface area contributed by atoms with Crippen LogP contribution >= 0.6 is 0 Å². The van der Waals surface area contributed by atoms with E-state index in [4.69, 9.17) is 0 Å². The van der Waals surface area contributed by atoms with Gasteiger partial charge in [-0.05, 0) is 61.3 Å². The minimum absolute atomic E-state index is 0.976. The summed E-state index contributed by atoms with van der Waals surface area (Å²) in [6.07, 6.45) is 16.9. The van der Waals surface area contributed by atoms with Gasteiger partial charge in [-0.15, -0.1) is 0 Å². The maximum atomic E-state index is 3.54. The van der Waals surface area contributed by atoms with Crippen molar-refractivity contribution in [2.45, 2.75) is 97.8 Å². The van der Waals surface area contributed by atoms with Gasteiger partial charge >= 0.3 is 0 Å². The minimum Gasteiger partial charge on any atom is -0.385 e. The first-order chi connectivity index (χ1) is 12.2. The van der Waals surface area contributed by atoms with Crippen LogP contribution in [0.5, 0.6) is 0 Å². The van der Waals surface area contributed by atoms with E-state index in [1.54, 1.807) is 5.56 Å². The predicted octanol–water partition coefficient (Wildman–Crippen LogP) is 7.53. The largest absolute Gasteiger partial charge is 0.385 e. The molecule has 0 heterocycles. The third-order valence-electron chi connectivity index (χ3n) is 6.21. The summed E-state index contributed by atoms with van der Waals surface area (Å²) < 4.78 is 0. The van der Waals surface area contributed by atoms with E-state index in [9.17, 15) is 0 Å². The van der Waals surface area contributed by atoms with Crippen molar-refractivity contribution in [1.29, 1.82) is 0 Å². The maximum Gasteiger partial charge on any atom is 0.0343 e. The van der Waals surface area contributed by atoms with Gasteiger partial charge in [0.15, 0.2) is 0 Å². The fourth-order valence-electron chi connectivity index (χ4n) is 4.35. The molecule has 1 N–H and O–H groups in total. The Morgan fingerprint density at radius 3 is 2.20 bits per heavy atom. The Morgan fingerprint density at radius 2 is 1.56 bits per heavy atom. The third kappa shape index (κ3) is 7.42. The van der Waals surface area contributed by atoms with Gasteiger partial charge < -0.3 is 5.32 Å². The summed E-state index contributed by atoms with van der Waals surface area (Å²) in [4.78, 5) is 0. The number of hydrogen-bond donors (Lipinski definition) is 1. The van der Waals surface area contributed by atoms with E-state index in [1.165, 1.54) is 88.3 Å². The molecule has 0 atom stereocenters. The minimum atomic E-state index is 0.976. The Labute approximate surface area is 157 Å². The topological polar surface area (TPSA) is 12.0 Å². The summed E-state index contributed by atoms with van der Waals surface area (Å²) in [6.45, 7) is 7.93. The van der Waals surface area contributed by atoms with Crippen LogP contribution in [-0.4, -0.2) is 6.54 Å². The molecule has 1 aliphatic rings. The van der Waals surface area contributed by atoms with E-state index in [2.05, 4.69) is 44.3 Å². The van der Waals surface area contributed by atoms with Gasteiger partial charge in [-0.1, -0.05) is 77.7 Å². The molecule has 0 aromatic heterocycles. The van der Waals surface area contributed by atoms with Crippen molar-refractivity contribution in [3.8, 4) is 0 Å². The lowest BCUT2D eigenvalue weighted by Gasteiger charge is -2.28. The number of benzene rings is 1. The van der Waals surface area contributed by atoms with Crippen LogP contribution in [0.3, 0.4) is 0 Å². The molecule has 0 amide bonds. The van der Waals surface area contributed by atoms with Crippen molar-refractivity contribution in [3.63, 3.8) is 0 Å². The fraction of sp³-hybridized carbons (Fsp3) is 0.750. The number of hydrogen-bond acceptors (Lipinski definition) is 1. The van der Waals surface area contributed by atoms with Crippen LogP contribution in [0.1, 0.15) is 95.6 Å². The zero-order valence-electron chi connectivity index (χ0n) is 17.1. The molecule has 0 bridgehead atoms. The van der Waals surface area contributed by atoms with Gasteiger partial charge in [0.25, 0.3) is 0 Å². The summed E-state index contributed by atoms with van der Waals surface area (Å²) in [5.74, 6) is 2.02. The standard InChI is InChI=1S/C24H41N/c1-4-6-8-9-21-10-12-22(13-11-21)14-15-23-16-17-24(19-20(23)3)25-18-7-5-2/h16-17,19,21-22,25H,4-15,18H2,1-3H3/t21-,22-. The van der Waals surface area contributed by atoms with Crippen LogP contribution in [0, 0.1) is 18.8 Å². The second kappa shape index (κ2) is 11.6. The molecule has 0 unspecified atom stereocenters. The highest BCUT2D eigenvalue weighted by atomic mass is 14.9. The fourth-order valence-corrected chi connectivity index (χ4v) is 4.35. The van der Waals surface area contributed by atoms with Crippen molar-refractivity contribution >= 4 is 5.69 Å². The molecule has 142 valence electrons. The number of rotatable bonds is 11. The van der Waals surface area contributed by atoms with Gasteiger partial charge in [0, 0.05) is 12.2 Å². The lowest BCUT2D eigenvalue weighted by atomic mass is 9.77. The van der Waals surface area contributed by atoms with Gasteiger partial charge in [-0.2, -0.15) is 0 Å². The van der Waals surface area contributed by atoms with E-state index in [1.807, 2.05) is 0 Å². The van der Waals surface area contributed by atoms with Crippen LogP contribution in [0.15, 0.2) is 18.2 Å². The lowest BCUT2D eigenvalue weighted by Crippen LogP contribution is -2.15. The van der Waals surface area contributed by atoms with Crippen molar-refractivity contribution < 1.29 is 0 Å². The Morgan fingerprint density at radius 1 is 0.880 bits per heavy atom. The molecule has 0 saturated heterocycles. The van der Waals surface area contributed by atoms with Gasteiger partial charge in [0.05, 0.1) is 0 Å². The van der Waals surface area contributed by atoms with E-state index in [0.717, 1.165) is 18.4 Å². The molecule has 1 aromatic carbocycles. The van der Waals surface area contributed by atoms with Crippen molar-refractivity contribution in [1.82, 2.24) is 0 Å². The quantitative estimate of drug-likeness (QED) is 0.409. The third-order valence-corrected chi connectivity index (χ3v) is 6.21. The SMILES string of the molecule is CCCCC[C@H]1CC[C@H](CCc2ccc(NCCCC)cc2C)CC1. The molecule has 0 spiro atoms. The normalized spacial score (nSPS) is 20.6. The molecular formula is C24H41N. The van der Waals surface area contributed by atoms with Crippen molar-refractivity contribution in [2.24, 2.45) is 11.8 Å². The van der Waals surface area contributed by atoms with Crippen LogP contribution in [0.2, 0.25) is 0 Å². The average Bonchev–Trinajstić information content (AvgIpc) is 2.62. The van der Waals surface area contributed by atoms with Gasteiger partial charge in [-0.25, -0.2) is 0 Å². The second-order valence-corrected chi connectivity index (χ2v) is 8.34. The summed E-state index contributed by atoms with van der Waals surface area (Å²) in [7, 11) is 0. The van der Waals surface area contributed by atoms with Crippen LogP contribution < -0.4 is 5.32 Å². The summed E-state index contributed by atoms with van der Waals surface area (Å²) in [5.41, 5.74) is 4.32. The van der Waals surface area contributed by atoms with Crippen molar-refractivity contribution in [2.75, 3.05) is 11.9 Å². The highest BCUT2D eigenvalue weighted by Crippen LogP contribution is 2.34. The number of aryl methyl sites for hydroxylation is 2. The summed E-state index contributed by atoms with van der Waals surface area (Å²) >= 11 is 0. The number of anilines is 1. The first-order valence-corrected chi connectivity index (χ1v) is 11.1. The van der Waals surface area contributed by atoms with E-state index >= 15 is 0 Å². The lowest BCUT2D eigenvalue weighted by molar-refractivity contribution is 0.249. The summed E-state index contributed by atoms with van der Waals surface area (Å²) in [6, 6.07) is 6.98. The average molecular weight is 344 g/mol. The molecular weight excluding hydrogens is 302 g/mol. The van der Waals surface area contributed by atoms with E-state index < -0.39 is 0 Å². The Bertz CT molecular complexity index is 471. The van der Waals surface area contributed by atoms with Crippen LogP contribution in [0.25, 0.3) is 0 Å². The molecule has 1 saturated carbocycles. The predicted molar refractivity (Wildman–Crippen MR) is 112 cm³/mol. The molecule has 1 nitrogen and oxygen atoms in total. The monoisotopic (exact) mass is 343 g/mol. The number of nitrogens with one attached hydrogen (secondary N) is 1. The Hall–Kier alpha value is -0.980. The second-order valence-electron chi connectivity index (χ2n) is 8.34. The highest BCUT2D eigenvalue weighted by molar-refractivity contribution is 5.48. The summed E-state index contributed by atoms with van der Waals surface area (Å²) in [5, 5.41) is 3.54. The zero-order valence-corrected chi connectivity index (χ0v) is 17.1. The van der Waals surface area contributed by atoms with Crippen molar-refractivity contribution in [3.05, 3.63) is 29.3 Å². The van der Waals surface area contributed by atoms with Gasteiger partial charge in [-0.3, -0.25) is 0 Å². The molecule has 0 aliphatic heterocycles. The van der Waals surface area contributed by atoms with Crippen LogP contribution in [0.4, 0.5) is 5.69 Å². The number of unbranched alkanes of at least 4 members (excludes halogenated alkanes) is 3. The smallest absolute Gasteiger partial charge is 0.0343 e. The molecule has 0 radical (unpaired) electrons. The Balaban J connectivity index is 1.69. The first kappa shape index (κ1) is 20.3. The van der Waals surface area contributed by atoms with Gasteiger partial charge in [0.1, 0.15) is 0 Å².